The number of methoxy groups -OCH3 is 2. The lowest BCUT2D eigenvalue weighted by molar-refractivity contribution is -0.139. The first kappa shape index (κ1) is 19.9. The molecule has 2 amide bonds. The number of amides is 2. The topological polar surface area (TPSA) is 55.8 Å². The molecule has 1 aliphatic rings. The fraction of sp³-hybridized carbons (Fsp3) is 0.391. The molecule has 2 aromatic rings. The van der Waals surface area contributed by atoms with E-state index in [4.69, 9.17) is 9.47 Å². The quantitative estimate of drug-likeness (QED) is 0.689. The molecule has 0 radical (unpaired) electrons. The summed E-state index contributed by atoms with van der Waals surface area (Å²) < 4.78 is 10.6. The maximum atomic E-state index is 12.8. The van der Waals surface area contributed by atoms with Crippen molar-refractivity contribution in [3.05, 3.63) is 58.7 Å². The molecule has 0 aliphatic carbocycles. The second-order valence-corrected chi connectivity index (χ2v) is 7.42. The van der Waals surface area contributed by atoms with Crippen molar-refractivity contribution in [2.24, 2.45) is 5.92 Å². The average molecular weight is 381 g/mol. The van der Waals surface area contributed by atoms with E-state index in [1.54, 1.807) is 14.2 Å². The van der Waals surface area contributed by atoms with Gasteiger partial charge in [-0.3, -0.25) is 14.5 Å². The molecule has 5 heteroatoms. The van der Waals surface area contributed by atoms with Crippen molar-refractivity contribution in [2.45, 2.75) is 33.1 Å². The van der Waals surface area contributed by atoms with Crippen molar-refractivity contribution >= 4 is 11.8 Å². The Morgan fingerprint density at radius 3 is 2.25 bits per heavy atom. The minimum Gasteiger partial charge on any atom is -0.493 e. The summed E-state index contributed by atoms with van der Waals surface area (Å²) in [5.74, 6) is 0.892. The van der Waals surface area contributed by atoms with Gasteiger partial charge in [0.25, 0.3) is 0 Å². The summed E-state index contributed by atoms with van der Waals surface area (Å²) in [7, 11) is 3.18. The highest BCUT2D eigenvalue weighted by atomic mass is 16.5. The summed E-state index contributed by atoms with van der Waals surface area (Å²) in [6.45, 7) is 4.48. The normalized spacial score (nSPS) is 16.6. The van der Waals surface area contributed by atoms with Crippen molar-refractivity contribution in [2.75, 3.05) is 20.8 Å². The Hall–Kier alpha value is -2.82. The summed E-state index contributed by atoms with van der Waals surface area (Å²) in [4.78, 5) is 26.6. The number of likely N-dealkylation sites (tertiary alicyclic amines) is 1. The van der Waals surface area contributed by atoms with E-state index in [-0.39, 0.29) is 24.2 Å². The average Bonchev–Trinajstić information content (AvgIpc) is 2.92. The predicted octanol–water partition coefficient (Wildman–Crippen LogP) is 3.48. The SMILES string of the molecule is COc1ccc(CCN2C(=O)CC(Cc3cc(C)cc(C)c3)C2=O)cc1OC. The number of nitrogens with zero attached hydrogens (tertiary/aromatic N) is 1. The van der Waals surface area contributed by atoms with E-state index in [0.29, 0.717) is 30.9 Å². The van der Waals surface area contributed by atoms with Gasteiger partial charge in [-0.25, -0.2) is 0 Å². The third-order valence-electron chi connectivity index (χ3n) is 5.17. The van der Waals surface area contributed by atoms with Gasteiger partial charge in [0.2, 0.25) is 11.8 Å². The molecule has 1 aliphatic heterocycles. The van der Waals surface area contributed by atoms with Gasteiger partial charge in [-0.1, -0.05) is 35.4 Å². The number of hydrogen-bond donors (Lipinski definition) is 0. The van der Waals surface area contributed by atoms with E-state index in [0.717, 1.165) is 11.1 Å². The number of hydrogen-bond acceptors (Lipinski definition) is 4. The zero-order valence-electron chi connectivity index (χ0n) is 17.0. The van der Waals surface area contributed by atoms with Crippen molar-refractivity contribution < 1.29 is 19.1 Å². The molecule has 1 atom stereocenters. The van der Waals surface area contributed by atoms with Gasteiger partial charge in [0.05, 0.1) is 20.1 Å². The number of imide groups is 1. The fourth-order valence-electron chi connectivity index (χ4n) is 3.89. The Labute approximate surface area is 166 Å². The molecule has 1 fully saturated rings. The van der Waals surface area contributed by atoms with Gasteiger partial charge in [-0.05, 0) is 49.9 Å². The first-order chi connectivity index (χ1) is 13.4. The van der Waals surface area contributed by atoms with Gasteiger partial charge in [0.15, 0.2) is 11.5 Å². The van der Waals surface area contributed by atoms with Crippen molar-refractivity contribution in [1.29, 1.82) is 0 Å². The minimum absolute atomic E-state index is 0.0652. The third-order valence-corrected chi connectivity index (χ3v) is 5.17. The van der Waals surface area contributed by atoms with Crippen LogP contribution < -0.4 is 9.47 Å². The molecule has 3 rings (SSSR count). The predicted molar refractivity (Wildman–Crippen MR) is 108 cm³/mol. The zero-order valence-corrected chi connectivity index (χ0v) is 17.0. The molecule has 0 aromatic heterocycles. The largest absolute Gasteiger partial charge is 0.493 e. The highest BCUT2D eigenvalue weighted by Crippen LogP contribution is 2.29. The van der Waals surface area contributed by atoms with E-state index >= 15 is 0 Å². The van der Waals surface area contributed by atoms with E-state index in [1.807, 2.05) is 32.0 Å². The van der Waals surface area contributed by atoms with Crippen LogP contribution in [0.5, 0.6) is 11.5 Å². The summed E-state index contributed by atoms with van der Waals surface area (Å²) in [5, 5.41) is 0. The Morgan fingerprint density at radius 2 is 1.61 bits per heavy atom. The number of carbonyl (C=O) groups excluding carboxylic acids is 2. The van der Waals surface area contributed by atoms with Crippen LogP contribution in [0.1, 0.15) is 28.7 Å². The summed E-state index contributed by atoms with van der Waals surface area (Å²) in [5.41, 5.74) is 4.47. The monoisotopic (exact) mass is 381 g/mol. The van der Waals surface area contributed by atoms with Crippen LogP contribution in [0.3, 0.4) is 0 Å². The molecule has 5 nitrogen and oxygen atoms in total. The molecule has 1 saturated heterocycles. The Morgan fingerprint density at radius 1 is 0.929 bits per heavy atom. The Kier molecular flexibility index (Phi) is 6.02. The van der Waals surface area contributed by atoms with Crippen LogP contribution in [-0.4, -0.2) is 37.5 Å². The number of rotatable bonds is 7. The van der Waals surface area contributed by atoms with E-state index in [2.05, 4.69) is 18.2 Å². The lowest BCUT2D eigenvalue weighted by Gasteiger charge is -2.16. The lowest BCUT2D eigenvalue weighted by Crippen LogP contribution is -2.33. The van der Waals surface area contributed by atoms with Crippen LogP contribution >= 0.6 is 0 Å². The molecule has 1 heterocycles. The molecule has 28 heavy (non-hydrogen) atoms. The molecule has 1 unspecified atom stereocenters. The highest BCUT2D eigenvalue weighted by Gasteiger charge is 2.38. The second-order valence-electron chi connectivity index (χ2n) is 7.42. The van der Waals surface area contributed by atoms with Crippen molar-refractivity contribution in [3.63, 3.8) is 0 Å². The zero-order chi connectivity index (χ0) is 20.3. The standard InChI is InChI=1S/C23H27NO4/c1-15-9-16(2)11-18(10-15)12-19-14-22(25)24(23(19)26)8-7-17-5-6-20(27-3)21(13-17)28-4/h5-6,9-11,13,19H,7-8,12,14H2,1-4H3. The maximum absolute atomic E-state index is 12.8. The highest BCUT2D eigenvalue weighted by molar-refractivity contribution is 6.03. The van der Waals surface area contributed by atoms with Gasteiger partial charge in [-0.15, -0.1) is 0 Å². The number of benzene rings is 2. The third kappa shape index (κ3) is 4.35. The van der Waals surface area contributed by atoms with Gasteiger partial charge in [-0.2, -0.15) is 0 Å². The number of aryl methyl sites for hydroxylation is 2. The molecule has 148 valence electrons. The van der Waals surface area contributed by atoms with Crippen LogP contribution in [0.25, 0.3) is 0 Å². The van der Waals surface area contributed by atoms with E-state index in [9.17, 15) is 9.59 Å². The second kappa shape index (κ2) is 8.46. The van der Waals surface area contributed by atoms with Gasteiger partial charge in [0, 0.05) is 13.0 Å². The number of carbonyl (C=O) groups is 2. The van der Waals surface area contributed by atoms with Crippen LogP contribution in [-0.2, 0) is 22.4 Å². The van der Waals surface area contributed by atoms with E-state index in [1.165, 1.54) is 16.0 Å². The van der Waals surface area contributed by atoms with Crippen LogP contribution in [0.4, 0.5) is 0 Å². The van der Waals surface area contributed by atoms with Crippen LogP contribution in [0.15, 0.2) is 36.4 Å². The fourth-order valence-corrected chi connectivity index (χ4v) is 3.89. The molecule has 0 saturated carbocycles. The minimum atomic E-state index is -0.265. The van der Waals surface area contributed by atoms with Crippen molar-refractivity contribution in [1.82, 2.24) is 4.90 Å². The first-order valence-corrected chi connectivity index (χ1v) is 9.53. The molecule has 2 aromatic carbocycles. The van der Waals surface area contributed by atoms with Gasteiger partial charge < -0.3 is 9.47 Å². The number of ether oxygens (including phenoxy) is 2. The van der Waals surface area contributed by atoms with Gasteiger partial charge >= 0.3 is 0 Å². The van der Waals surface area contributed by atoms with Crippen molar-refractivity contribution in [3.8, 4) is 11.5 Å². The molecular weight excluding hydrogens is 354 g/mol. The molecule has 0 spiro atoms. The lowest BCUT2D eigenvalue weighted by atomic mass is 9.95. The Bertz CT molecular complexity index is 870. The maximum Gasteiger partial charge on any atom is 0.233 e. The van der Waals surface area contributed by atoms with E-state index < -0.39 is 0 Å². The van der Waals surface area contributed by atoms with Gasteiger partial charge in [0.1, 0.15) is 0 Å². The summed E-state index contributed by atoms with van der Waals surface area (Å²) in [6.07, 6.45) is 1.49. The smallest absolute Gasteiger partial charge is 0.233 e. The molecule has 0 N–H and O–H groups in total. The molecule has 0 bridgehead atoms. The summed E-state index contributed by atoms with van der Waals surface area (Å²) >= 11 is 0. The van der Waals surface area contributed by atoms with Crippen LogP contribution in [0, 0.1) is 19.8 Å². The summed E-state index contributed by atoms with van der Waals surface area (Å²) in [6, 6.07) is 12.0. The first-order valence-electron chi connectivity index (χ1n) is 9.53. The molecular formula is C23H27NO4. The van der Waals surface area contributed by atoms with Crippen LogP contribution in [0.2, 0.25) is 0 Å². The Balaban J connectivity index is 1.65.